The summed E-state index contributed by atoms with van der Waals surface area (Å²) in [4.78, 5) is 23.0. The minimum absolute atomic E-state index is 0.282. The number of carbonyl (C=O) groups is 2. The number of hydrogen-bond donors (Lipinski definition) is 1. The lowest BCUT2D eigenvalue weighted by Gasteiger charge is -2.04. The molecule has 52 valence electrons. The van der Waals surface area contributed by atoms with Gasteiger partial charge in [0.15, 0.2) is 0 Å². The number of nitrogens with zero attached hydrogens (tertiary/aromatic N) is 1. The molecule has 1 N–H and O–H groups in total. The van der Waals surface area contributed by atoms with E-state index in [1.807, 2.05) is 0 Å². The van der Waals surface area contributed by atoms with E-state index in [0.29, 0.717) is 11.6 Å². The molecule has 2 aliphatic rings. The van der Waals surface area contributed by atoms with Gasteiger partial charge >= 0.3 is 6.03 Å². The molecule has 4 nitrogen and oxygen atoms in total. The van der Waals surface area contributed by atoms with Crippen molar-refractivity contribution in [2.45, 2.75) is 0 Å². The van der Waals surface area contributed by atoms with Gasteiger partial charge in [-0.3, -0.25) is 15.0 Å². The highest BCUT2D eigenvalue weighted by atomic mass is 32.2. The number of rotatable bonds is 0. The monoisotopic (exact) mass is 156 g/mol. The summed E-state index contributed by atoms with van der Waals surface area (Å²) in [6.07, 6.45) is 0. The normalized spacial score (nSPS) is 22.8. The quantitative estimate of drug-likeness (QED) is 0.505. The average molecular weight is 156 g/mol. The Balaban J connectivity index is 2.41. The van der Waals surface area contributed by atoms with Gasteiger partial charge in [-0.2, -0.15) is 0 Å². The van der Waals surface area contributed by atoms with Crippen molar-refractivity contribution >= 4 is 23.7 Å². The number of urea groups is 1. The average Bonchev–Trinajstić information content (AvgIpc) is 2.39. The number of hydrogen-bond acceptors (Lipinski definition) is 3. The lowest BCUT2D eigenvalue weighted by atomic mass is 10.5. The number of nitrogens with one attached hydrogen (secondary N) is 1. The van der Waals surface area contributed by atoms with Crippen LogP contribution in [-0.2, 0) is 4.79 Å². The number of carbonyl (C=O) groups excluding carboxylic acids is 2. The molecule has 2 rings (SSSR count). The molecule has 0 radical (unpaired) electrons. The molecule has 0 aliphatic carbocycles. The Bertz CT molecular complexity index is 248. The van der Waals surface area contributed by atoms with Crippen molar-refractivity contribution < 1.29 is 9.59 Å². The molecule has 0 aromatic carbocycles. The molecule has 2 aliphatic heterocycles. The summed E-state index contributed by atoms with van der Waals surface area (Å²) in [5.74, 6) is 0.280. The summed E-state index contributed by atoms with van der Waals surface area (Å²) < 4.78 is 0. The molecule has 10 heavy (non-hydrogen) atoms. The molecule has 0 aromatic rings. The van der Waals surface area contributed by atoms with Gasteiger partial charge in [0.25, 0.3) is 5.91 Å². The fraction of sp³-hybridized carbons (Fsp3) is 0.200. The van der Waals surface area contributed by atoms with E-state index in [1.165, 1.54) is 16.7 Å². The SMILES string of the molecule is O=C1NC(=O)N2CSC=C12. The first-order valence-electron chi connectivity index (χ1n) is 2.73. The van der Waals surface area contributed by atoms with E-state index in [0.717, 1.165) is 0 Å². The van der Waals surface area contributed by atoms with E-state index < -0.39 is 0 Å². The van der Waals surface area contributed by atoms with Crippen LogP contribution in [0.25, 0.3) is 0 Å². The van der Waals surface area contributed by atoms with Gasteiger partial charge < -0.3 is 0 Å². The Hall–Kier alpha value is -0.970. The first-order valence-corrected chi connectivity index (χ1v) is 3.78. The second-order valence-corrected chi connectivity index (χ2v) is 2.81. The van der Waals surface area contributed by atoms with Crippen molar-refractivity contribution in [3.63, 3.8) is 0 Å². The van der Waals surface area contributed by atoms with Crippen molar-refractivity contribution in [1.82, 2.24) is 10.2 Å². The van der Waals surface area contributed by atoms with Crippen molar-refractivity contribution in [2.75, 3.05) is 5.88 Å². The van der Waals surface area contributed by atoms with E-state index in [9.17, 15) is 9.59 Å². The molecule has 0 saturated carbocycles. The fourth-order valence-corrected chi connectivity index (χ4v) is 1.77. The summed E-state index contributed by atoms with van der Waals surface area (Å²) in [7, 11) is 0. The summed E-state index contributed by atoms with van der Waals surface area (Å²) >= 11 is 1.46. The maximum absolute atomic E-state index is 10.8. The molecule has 3 amide bonds. The molecule has 0 unspecified atom stereocenters. The summed E-state index contributed by atoms with van der Waals surface area (Å²) in [5.41, 5.74) is 0.481. The number of fused-ring (bicyclic) bond motifs is 1. The van der Waals surface area contributed by atoms with Crippen LogP contribution in [0.5, 0.6) is 0 Å². The molecule has 1 saturated heterocycles. The molecule has 1 fully saturated rings. The highest BCUT2D eigenvalue weighted by Gasteiger charge is 2.35. The molecule has 5 heteroatoms. The number of imide groups is 1. The predicted octanol–water partition coefficient (Wildman–Crippen LogP) is 0.0839. The summed E-state index contributed by atoms with van der Waals surface area (Å²) in [6.45, 7) is 0. The van der Waals surface area contributed by atoms with Gasteiger partial charge in [0, 0.05) is 5.41 Å². The van der Waals surface area contributed by atoms with Gasteiger partial charge in [-0.05, 0) is 0 Å². The van der Waals surface area contributed by atoms with Gasteiger partial charge in [0.1, 0.15) is 5.70 Å². The Labute approximate surface area is 61.3 Å². The third-order valence-electron chi connectivity index (χ3n) is 1.39. The van der Waals surface area contributed by atoms with Crippen LogP contribution in [-0.4, -0.2) is 22.7 Å². The molecular weight excluding hydrogens is 152 g/mol. The zero-order valence-corrected chi connectivity index (χ0v) is 5.77. The van der Waals surface area contributed by atoms with Crippen molar-refractivity contribution in [3.05, 3.63) is 11.1 Å². The summed E-state index contributed by atoms with van der Waals surface area (Å²) in [6, 6.07) is -0.304. The van der Waals surface area contributed by atoms with Gasteiger partial charge in [-0.1, -0.05) is 0 Å². The van der Waals surface area contributed by atoms with Crippen LogP contribution in [0.1, 0.15) is 0 Å². The Morgan fingerprint density at radius 3 is 3.10 bits per heavy atom. The van der Waals surface area contributed by atoms with Gasteiger partial charge in [0.05, 0.1) is 5.88 Å². The van der Waals surface area contributed by atoms with E-state index >= 15 is 0 Å². The van der Waals surface area contributed by atoms with Gasteiger partial charge in [-0.25, -0.2) is 4.79 Å². The lowest BCUT2D eigenvalue weighted by Crippen LogP contribution is -2.26. The zero-order chi connectivity index (χ0) is 7.14. The molecule has 2 heterocycles. The van der Waals surface area contributed by atoms with Gasteiger partial charge in [0.2, 0.25) is 0 Å². The van der Waals surface area contributed by atoms with Crippen LogP contribution in [0.3, 0.4) is 0 Å². The van der Waals surface area contributed by atoms with E-state index in [4.69, 9.17) is 0 Å². The highest BCUT2D eigenvalue weighted by Crippen LogP contribution is 2.26. The third-order valence-corrected chi connectivity index (χ3v) is 2.18. The van der Waals surface area contributed by atoms with E-state index in [1.54, 1.807) is 5.41 Å². The predicted molar refractivity (Wildman–Crippen MR) is 35.9 cm³/mol. The third kappa shape index (κ3) is 0.578. The maximum Gasteiger partial charge on any atom is 0.329 e. The Kier molecular flexibility index (Phi) is 1.02. The van der Waals surface area contributed by atoms with Crippen LogP contribution < -0.4 is 5.32 Å². The second-order valence-electron chi connectivity index (χ2n) is 1.99. The second kappa shape index (κ2) is 1.76. The highest BCUT2D eigenvalue weighted by molar-refractivity contribution is 8.02. The lowest BCUT2D eigenvalue weighted by molar-refractivity contribution is -0.116. The van der Waals surface area contributed by atoms with Crippen LogP contribution in [0, 0.1) is 0 Å². The minimum atomic E-state index is -0.304. The first kappa shape index (κ1) is 5.79. The van der Waals surface area contributed by atoms with Gasteiger partial charge in [-0.15, -0.1) is 11.8 Å². The molecule has 0 spiro atoms. The van der Waals surface area contributed by atoms with Crippen molar-refractivity contribution in [2.24, 2.45) is 0 Å². The molecule has 0 aromatic heterocycles. The smallest absolute Gasteiger partial charge is 0.278 e. The van der Waals surface area contributed by atoms with Crippen LogP contribution in [0.15, 0.2) is 11.1 Å². The van der Waals surface area contributed by atoms with Crippen LogP contribution in [0.4, 0.5) is 4.79 Å². The van der Waals surface area contributed by atoms with Crippen LogP contribution >= 0.6 is 11.8 Å². The number of thioether (sulfide) groups is 1. The van der Waals surface area contributed by atoms with Crippen molar-refractivity contribution in [1.29, 1.82) is 0 Å². The maximum atomic E-state index is 10.8. The number of amides is 3. The Morgan fingerprint density at radius 2 is 2.40 bits per heavy atom. The Morgan fingerprint density at radius 1 is 1.60 bits per heavy atom. The first-order chi connectivity index (χ1) is 4.79. The molecular formula is C5H4N2O2S. The minimum Gasteiger partial charge on any atom is -0.278 e. The van der Waals surface area contributed by atoms with Crippen LogP contribution in [0.2, 0.25) is 0 Å². The zero-order valence-electron chi connectivity index (χ0n) is 4.96. The standard InChI is InChI=1S/C5H4N2O2S/c8-4-3-1-10-2-7(3)5(9)6-4/h1H,2H2,(H,6,8,9). The topological polar surface area (TPSA) is 49.4 Å². The van der Waals surface area contributed by atoms with E-state index in [-0.39, 0.29) is 11.9 Å². The largest absolute Gasteiger partial charge is 0.329 e. The molecule has 0 atom stereocenters. The summed E-state index contributed by atoms with van der Waals surface area (Å²) in [5, 5.41) is 3.88. The van der Waals surface area contributed by atoms with Crippen molar-refractivity contribution in [3.8, 4) is 0 Å². The fourth-order valence-electron chi connectivity index (χ4n) is 0.897. The molecule has 0 bridgehead atoms. The van der Waals surface area contributed by atoms with E-state index in [2.05, 4.69) is 5.32 Å².